The predicted molar refractivity (Wildman–Crippen MR) is 137 cm³/mol. The molecule has 0 amide bonds. The van der Waals surface area contributed by atoms with Gasteiger partial charge in [-0.1, -0.05) is 6.07 Å². The van der Waals surface area contributed by atoms with Crippen molar-refractivity contribution < 1.29 is 4.74 Å². The van der Waals surface area contributed by atoms with Crippen molar-refractivity contribution in [1.29, 1.82) is 0 Å². The Balaban J connectivity index is 1.57. The average Bonchev–Trinajstić information content (AvgIpc) is 2.84. The molecule has 34 heavy (non-hydrogen) atoms. The monoisotopic (exact) mass is 460 g/mol. The summed E-state index contributed by atoms with van der Waals surface area (Å²) in [5.74, 6) is 2.99. The molecule has 4 rings (SSSR count). The van der Waals surface area contributed by atoms with E-state index in [1.807, 2.05) is 37.3 Å². The van der Waals surface area contributed by atoms with Crippen LogP contribution in [-0.2, 0) is 13.1 Å². The van der Waals surface area contributed by atoms with Crippen molar-refractivity contribution in [3.63, 3.8) is 0 Å². The van der Waals surface area contributed by atoms with E-state index in [2.05, 4.69) is 53.1 Å². The second kappa shape index (κ2) is 10.9. The Morgan fingerprint density at radius 3 is 2.65 bits per heavy atom. The number of benzene rings is 1. The van der Waals surface area contributed by atoms with Crippen LogP contribution in [0.5, 0.6) is 5.75 Å². The van der Waals surface area contributed by atoms with E-state index in [1.54, 1.807) is 13.3 Å². The molecule has 0 saturated carbocycles. The molecular weight excluding hydrogens is 424 g/mol. The fourth-order valence-electron chi connectivity index (χ4n) is 4.62. The second-order valence-electron chi connectivity index (χ2n) is 9.57. The van der Waals surface area contributed by atoms with Gasteiger partial charge in [0.05, 0.1) is 12.8 Å². The number of pyridine rings is 1. The van der Waals surface area contributed by atoms with E-state index in [4.69, 9.17) is 14.7 Å². The third-order valence-corrected chi connectivity index (χ3v) is 6.27. The topological polar surface area (TPSA) is 57.6 Å². The van der Waals surface area contributed by atoms with Gasteiger partial charge in [-0.2, -0.15) is 0 Å². The summed E-state index contributed by atoms with van der Waals surface area (Å²) in [4.78, 5) is 20.8. The Kier molecular flexibility index (Phi) is 7.75. The Morgan fingerprint density at radius 1 is 1.09 bits per heavy atom. The molecule has 180 valence electrons. The highest BCUT2D eigenvalue weighted by atomic mass is 16.5. The quantitative estimate of drug-likeness (QED) is 0.503. The van der Waals surface area contributed by atoms with E-state index < -0.39 is 0 Å². The molecule has 1 aliphatic rings. The Labute approximate surface area is 203 Å². The van der Waals surface area contributed by atoms with Crippen LogP contribution in [0.2, 0.25) is 0 Å². The molecule has 1 atom stereocenters. The lowest BCUT2D eigenvalue weighted by Gasteiger charge is -2.33. The fraction of sp³-hybridized carbons (Fsp3) is 0.444. The predicted octanol–water partition coefficient (Wildman–Crippen LogP) is 4.05. The highest BCUT2D eigenvalue weighted by Crippen LogP contribution is 2.31. The summed E-state index contributed by atoms with van der Waals surface area (Å²) in [6, 6.07) is 12.6. The molecule has 0 N–H and O–H groups in total. The highest BCUT2D eigenvalue weighted by molar-refractivity contribution is 5.57. The lowest BCUT2D eigenvalue weighted by Crippen LogP contribution is -2.34. The lowest BCUT2D eigenvalue weighted by molar-refractivity contribution is 0.196. The van der Waals surface area contributed by atoms with Gasteiger partial charge < -0.3 is 14.5 Å². The number of anilines is 1. The maximum Gasteiger partial charge on any atom is 0.163 e. The van der Waals surface area contributed by atoms with Crippen LogP contribution in [-0.4, -0.2) is 73.1 Å². The van der Waals surface area contributed by atoms with E-state index in [0.29, 0.717) is 5.92 Å². The van der Waals surface area contributed by atoms with E-state index in [9.17, 15) is 0 Å². The van der Waals surface area contributed by atoms with Gasteiger partial charge in [0.15, 0.2) is 5.82 Å². The molecule has 3 aromatic rings. The minimum atomic E-state index is 0.363. The number of likely N-dealkylation sites (tertiary alicyclic amines) is 1. The highest BCUT2D eigenvalue weighted by Gasteiger charge is 2.25. The summed E-state index contributed by atoms with van der Waals surface area (Å²) in [6.07, 6.45) is 5.89. The summed E-state index contributed by atoms with van der Waals surface area (Å²) < 4.78 is 5.69. The Hall–Kier alpha value is -3.03. The second-order valence-corrected chi connectivity index (χ2v) is 9.57. The van der Waals surface area contributed by atoms with Crippen LogP contribution in [0.1, 0.15) is 35.6 Å². The number of hydrogen-bond acceptors (Lipinski definition) is 7. The van der Waals surface area contributed by atoms with E-state index in [1.165, 1.54) is 11.1 Å². The van der Waals surface area contributed by atoms with Gasteiger partial charge in [0.2, 0.25) is 0 Å². The van der Waals surface area contributed by atoms with Gasteiger partial charge in [0.1, 0.15) is 11.6 Å². The summed E-state index contributed by atoms with van der Waals surface area (Å²) in [7, 11) is 10.0. The first-order valence-corrected chi connectivity index (χ1v) is 11.9. The summed E-state index contributed by atoms with van der Waals surface area (Å²) in [5, 5.41) is 0. The zero-order valence-corrected chi connectivity index (χ0v) is 21.0. The van der Waals surface area contributed by atoms with Crippen LogP contribution < -0.4 is 9.64 Å². The minimum absolute atomic E-state index is 0.363. The molecule has 0 aliphatic carbocycles. The lowest BCUT2D eigenvalue weighted by atomic mass is 9.93. The van der Waals surface area contributed by atoms with Gasteiger partial charge in [-0.3, -0.25) is 9.88 Å². The van der Waals surface area contributed by atoms with E-state index in [-0.39, 0.29) is 0 Å². The van der Waals surface area contributed by atoms with Gasteiger partial charge in [0.25, 0.3) is 0 Å². The Bertz CT molecular complexity index is 1090. The molecule has 7 nitrogen and oxygen atoms in total. The van der Waals surface area contributed by atoms with Crippen LogP contribution in [0, 0.1) is 0 Å². The molecule has 2 aromatic heterocycles. The van der Waals surface area contributed by atoms with Crippen molar-refractivity contribution in [3.05, 3.63) is 65.6 Å². The Morgan fingerprint density at radius 2 is 1.94 bits per heavy atom. The van der Waals surface area contributed by atoms with Crippen molar-refractivity contribution in [2.24, 2.45) is 0 Å². The van der Waals surface area contributed by atoms with Gasteiger partial charge >= 0.3 is 0 Å². The van der Waals surface area contributed by atoms with Crippen molar-refractivity contribution in [2.45, 2.75) is 31.8 Å². The third kappa shape index (κ3) is 5.90. The minimum Gasteiger partial charge on any atom is -0.496 e. The maximum atomic E-state index is 5.69. The van der Waals surface area contributed by atoms with E-state index in [0.717, 1.165) is 67.7 Å². The van der Waals surface area contributed by atoms with Gasteiger partial charge in [-0.25, -0.2) is 9.97 Å². The standard InChI is InChI=1S/C27H36N6O/c1-31(2)17-20-10-11-25(34-5)23(14-20)19-33-13-7-9-22(18-33)24-15-26(32(3)4)30-27(29-24)21-8-6-12-28-16-21/h6,8,10-12,14-16,22H,7,9,13,17-19H2,1-5H3. The molecule has 7 heteroatoms. The average molecular weight is 461 g/mol. The fourth-order valence-corrected chi connectivity index (χ4v) is 4.62. The molecule has 0 spiro atoms. The number of aromatic nitrogens is 3. The van der Waals surface area contributed by atoms with Crippen molar-refractivity contribution in [3.8, 4) is 17.1 Å². The molecule has 0 bridgehead atoms. The van der Waals surface area contributed by atoms with Crippen molar-refractivity contribution in [1.82, 2.24) is 24.8 Å². The number of methoxy groups -OCH3 is 1. The largest absolute Gasteiger partial charge is 0.496 e. The number of nitrogens with zero attached hydrogens (tertiary/aromatic N) is 6. The molecule has 0 radical (unpaired) electrons. The van der Waals surface area contributed by atoms with Crippen LogP contribution in [0.15, 0.2) is 48.8 Å². The summed E-state index contributed by atoms with van der Waals surface area (Å²) in [6.45, 7) is 3.85. The van der Waals surface area contributed by atoms with Gasteiger partial charge in [-0.05, 0) is 63.3 Å². The number of hydrogen-bond donors (Lipinski definition) is 0. The van der Waals surface area contributed by atoms with Gasteiger partial charge in [-0.15, -0.1) is 0 Å². The molecule has 3 heterocycles. The van der Waals surface area contributed by atoms with Crippen molar-refractivity contribution in [2.75, 3.05) is 53.3 Å². The zero-order chi connectivity index (χ0) is 24.1. The van der Waals surface area contributed by atoms with Crippen molar-refractivity contribution >= 4 is 5.82 Å². The molecular formula is C27H36N6O. The smallest absolute Gasteiger partial charge is 0.163 e. The number of piperidine rings is 1. The van der Waals surface area contributed by atoms with Gasteiger partial charge in [0, 0.05) is 69.2 Å². The first-order valence-electron chi connectivity index (χ1n) is 11.9. The first kappa shape index (κ1) is 24.1. The van der Waals surface area contributed by atoms with Crippen LogP contribution in [0.4, 0.5) is 5.82 Å². The van der Waals surface area contributed by atoms with Crippen LogP contribution in [0.3, 0.4) is 0 Å². The maximum absolute atomic E-state index is 5.69. The first-order chi connectivity index (χ1) is 16.4. The normalized spacial score (nSPS) is 16.6. The molecule has 1 fully saturated rings. The van der Waals surface area contributed by atoms with Crippen LogP contribution in [0.25, 0.3) is 11.4 Å². The molecule has 1 saturated heterocycles. The number of ether oxygens (including phenoxy) is 1. The number of rotatable bonds is 8. The molecule has 1 aromatic carbocycles. The van der Waals surface area contributed by atoms with Crippen LogP contribution >= 0.6 is 0 Å². The molecule has 1 unspecified atom stereocenters. The SMILES string of the molecule is COc1ccc(CN(C)C)cc1CN1CCCC(c2cc(N(C)C)nc(-c3cccnc3)n2)C1. The summed E-state index contributed by atoms with van der Waals surface area (Å²) >= 11 is 0. The third-order valence-electron chi connectivity index (χ3n) is 6.27. The molecule has 1 aliphatic heterocycles. The summed E-state index contributed by atoms with van der Waals surface area (Å²) in [5.41, 5.74) is 4.61. The zero-order valence-electron chi connectivity index (χ0n) is 21.0. The van der Waals surface area contributed by atoms with E-state index >= 15 is 0 Å².